The lowest BCUT2D eigenvalue weighted by molar-refractivity contribution is 0.0455. The summed E-state index contributed by atoms with van der Waals surface area (Å²) in [6.45, 7) is 1.72. The van der Waals surface area contributed by atoms with Crippen LogP contribution in [0.3, 0.4) is 0 Å². The monoisotopic (exact) mass is 240 g/mol. The molecule has 1 aromatic rings. The van der Waals surface area contributed by atoms with E-state index in [9.17, 15) is 0 Å². The molecular formula is C11H12O2S2. The first-order chi connectivity index (χ1) is 7.38. The van der Waals surface area contributed by atoms with Crippen LogP contribution in [0.15, 0.2) is 12.1 Å². The van der Waals surface area contributed by atoms with Gasteiger partial charge in [-0.2, -0.15) is 0 Å². The molecule has 1 N–H and O–H groups in total. The van der Waals surface area contributed by atoms with Gasteiger partial charge in [-0.3, -0.25) is 0 Å². The number of thiophene rings is 1. The number of aliphatic hydroxyl groups is 1. The topological polar surface area (TPSA) is 29.5 Å². The van der Waals surface area contributed by atoms with Crippen molar-refractivity contribution in [1.29, 1.82) is 0 Å². The molecule has 1 saturated heterocycles. The third-order valence-corrected chi connectivity index (χ3v) is 4.43. The van der Waals surface area contributed by atoms with Crippen molar-refractivity contribution in [2.24, 2.45) is 0 Å². The molecule has 1 aliphatic heterocycles. The van der Waals surface area contributed by atoms with E-state index in [0.717, 1.165) is 23.8 Å². The van der Waals surface area contributed by atoms with Gasteiger partial charge in [0.2, 0.25) is 0 Å². The van der Waals surface area contributed by atoms with Gasteiger partial charge in [-0.15, -0.1) is 23.1 Å². The number of ether oxygens (including phenoxy) is 1. The second-order valence-electron chi connectivity index (χ2n) is 3.20. The van der Waals surface area contributed by atoms with Gasteiger partial charge in [0.15, 0.2) is 0 Å². The molecule has 0 saturated carbocycles. The Morgan fingerprint density at radius 3 is 3.07 bits per heavy atom. The summed E-state index contributed by atoms with van der Waals surface area (Å²) < 4.78 is 5.11. The van der Waals surface area contributed by atoms with Gasteiger partial charge < -0.3 is 9.84 Å². The highest BCUT2D eigenvalue weighted by atomic mass is 32.2. The van der Waals surface area contributed by atoms with E-state index in [1.54, 1.807) is 11.3 Å². The van der Waals surface area contributed by atoms with Crippen LogP contribution in [-0.2, 0) is 10.5 Å². The number of rotatable bonds is 3. The van der Waals surface area contributed by atoms with Crippen molar-refractivity contribution in [3.63, 3.8) is 0 Å². The molecule has 1 aliphatic rings. The minimum absolute atomic E-state index is 0.0681. The van der Waals surface area contributed by atoms with Crippen molar-refractivity contribution in [1.82, 2.24) is 0 Å². The molecule has 15 heavy (non-hydrogen) atoms. The summed E-state index contributed by atoms with van der Waals surface area (Å²) >= 11 is 3.64. The predicted molar refractivity (Wildman–Crippen MR) is 64.2 cm³/mol. The average Bonchev–Trinajstić information content (AvgIpc) is 2.60. The Kier molecular flexibility index (Phi) is 4.09. The lowest BCUT2D eigenvalue weighted by Gasteiger charge is -2.24. The Morgan fingerprint density at radius 2 is 2.40 bits per heavy atom. The summed E-state index contributed by atoms with van der Waals surface area (Å²) in [6, 6.07) is 4.12. The number of hydrogen-bond acceptors (Lipinski definition) is 4. The molecule has 1 fully saturated rings. The van der Waals surface area contributed by atoms with Crippen LogP contribution < -0.4 is 0 Å². The van der Waals surface area contributed by atoms with Crippen LogP contribution in [0.25, 0.3) is 0 Å². The molecule has 1 aromatic heterocycles. The summed E-state index contributed by atoms with van der Waals surface area (Å²) in [5.74, 6) is 6.61. The van der Waals surface area contributed by atoms with Gasteiger partial charge in [0.25, 0.3) is 0 Å². The van der Waals surface area contributed by atoms with Gasteiger partial charge >= 0.3 is 0 Å². The van der Waals surface area contributed by atoms with Crippen molar-refractivity contribution < 1.29 is 9.84 Å². The molecule has 0 atom stereocenters. The maximum Gasteiger partial charge on any atom is 0.104 e. The molecule has 0 aromatic carbocycles. The highest BCUT2D eigenvalue weighted by molar-refractivity contribution is 7.99. The van der Waals surface area contributed by atoms with Crippen LogP contribution in [-0.4, -0.2) is 30.2 Å². The van der Waals surface area contributed by atoms with Crippen molar-refractivity contribution in [3.8, 4) is 11.8 Å². The molecule has 0 amide bonds. The summed E-state index contributed by atoms with van der Waals surface area (Å²) in [4.78, 5) is 2.37. The number of hydrogen-bond donors (Lipinski definition) is 1. The lowest BCUT2D eigenvalue weighted by Crippen LogP contribution is -2.30. The first-order valence-corrected chi connectivity index (χ1v) is 6.63. The van der Waals surface area contributed by atoms with Crippen LogP contribution in [0.1, 0.15) is 9.75 Å². The van der Waals surface area contributed by atoms with Crippen LogP contribution in [0.5, 0.6) is 0 Å². The van der Waals surface area contributed by atoms with Crippen molar-refractivity contribution in [2.75, 3.05) is 19.8 Å². The Hall–Kier alpha value is -0.470. The minimum atomic E-state index is -0.0681. The molecule has 0 radical (unpaired) electrons. The van der Waals surface area contributed by atoms with E-state index in [-0.39, 0.29) is 6.61 Å². The fourth-order valence-corrected chi connectivity index (χ4v) is 3.16. The van der Waals surface area contributed by atoms with Crippen LogP contribution in [0, 0.1) is 11.8 Å². The van der Waals surface area contributed by atoms with E-state index >= 15 is 0 Å². The third kappa shape index (κ3) is 3.25. The normalized spacial score (nSPS) is 15.5. The van der Waals surface area contributed by atoms with Gasteiger partial charge in [-0.25, -0.2) is 0 Å². The molecule has 0 spiro atoms. The van der Waals surface area contributed by atoms with E-state index in [1.165, 1.54) is 4.88 Å². The van der Waals surface area contributed by atoms with Crippen LogP contribution >= 0.6 is 23.1 Å². The molecule has 80 valence electrons. The second-order valence-corrected chi connectivity index (χ2v) is 5.65. The molecule has 0 aliphatic carbocycles. The lowest BCUT2D eigenvalue weighted by atomic mass is 10.4. The van der Waals surface area contributed by atoms with E-state index in [0.29, 0.717) is 5.25 Å². The molecule has 0 unspecified atom stereocenters. The molecule has 2 heterocycles. The summed E-state index contributed by atoms with van der Waals surface area (Å²) in [7, 11) is 0. The molecule has 0 bridgehead atoms. The fraction of sp³-hybridized carbons (Fsp3) is 0.455. The SMILES string of the molecule is OCC#Cc1ccc(CSC2COC2)s1. The highest BCUT2D eigenvalue weighted by Gasteiger charge is 2.18. The van der Waals surface area contributed by atoms with Crippen molar-refractivity contribution in [3.05, 3.63) is 21.9 Å². The summed E-state index contributed by atoms with van der Waals surface area (Å²) in [5, 5.41) is 9.24. The van der Waals surface area contributed by atoms with Gasteiger partial charge in [0.1, 0.15) is 6.61 Å². The van der Waals surface area contributed by atoms with Gasteiger partial charge in [0.05, 0.1) is 23.3 Å². The van der Waals surface area contributed by atoms with E-state index in [2.05, 4.69) is 17.9 Å². The Balaban J connectivity index is 1.83. The smallest absolute Gasteiger partial charge is 0.104 e. The average molecular weight is 240 g/mol. The van der Waals surface area contributed by atoms with Crippen LogP contribution in [0.2, 0.25) is 0 Å². The number of thioether (sulfide) groups is 1. The van der Waals surface area contributed by atoms with Crippen molar-refractivity contribution in [2.45, 2.75) is 11.0 Å². The summed E-state index contributed by atoms with van der Waals surface area (Å²) in [5.41, 5.74) is 0. The summed E-state index contributed by atoms with van der Waals surface area (Å²) in [6.07, 6.45) is 0. The highest BCUT2D eigenvalue weighted by Crippen LogP contribution is 2.26. The zero-order valence-electron chi connectivity index (χ0n) is 8.23. The largest absolute Gasteiger partial charge is 0.384 e. The van der Waals surface area contributed by atoms with Gasteiger partial charge in [-0.1, -0.05) is 11.8 Å². The van der Waals surface area contributed by atoms with Crippen molar-refractivity contribution >= 4 is 23.1 Å². The maximum atomic E-state index is 8.56. The van der Waals surface area contributed by atoms with E-state index in [4.69, 9.17) is 9.84 Å². The molecular weight excluding hydrogens is 228 g/mol. The third-order valence-electron chi connectivity index (χ3n) is 2.02. The Labute approximate surface area is 97.7 Å². The predicted octanol–water partition coefficient (Wildman–Crippen LogP) is 1.72. The standard InChI is InChI=1S/C11H12O2S2/c12-5-1-2-9-3-4-10(15-9)8-14-11-6-13-7-11/h3-4,11-12H,5-8H2. The first-order valence-electron chi connectivity index (χ1n) is 4.76. The maximum absolute atomic E-state index is 8.56. The Morgan fingerprint density at radius 1 is 1.53 bits per heavy atom. The molecule has 2 rings (SSSR count). The van der Waals surface area contributed by atoms with Gasteiger partial charge in [0, 0.05) is 10.6 Å². The van der Waals surface area contributed by atoms with E-state index in [1.807, 2.05) is 17.8 Å². The molecule has 4 heteroatoms. The zero-order valence-corrected chi connectivity index (χ0v) is 9.87. The second kappa shape index (κ2) is 5.57. The zero-order chi connectivity index (χ0) is 10.5. The Bertz CT molecular complexity index is 371. The molecule has 2 nitrogen and oxygen atoms in total. The minimum Gasteiger partial charge on any atom is -0.384 e. The van der Waals surface area contributed by atoms with Crippen LogP contribution in [0.4, 0.5) is 0 Å². The van der Waals surface area contributed by atoms with E-state index < -0.39 is 0 Å². The fourth-order valence-electron chi connectivity index (χ4n) is 1.16. The van der Waals surface area contributed by atoms with Gasteiger partial charge in [-0.05, 0) is 12.1 Å². The number of aliphatic hydroxyl groups excluding tert-OH is 1. The first kappa shape index (κ1) is 11.0. The quantitative estimate of drug-likeness (QED) is 0.816.